The van der Waals surface area contributed by atoms with Crippen molar-refractivity contribution < 1.29 is 18.7 Å². The molecular formula is C16H18N2O5. The number of ether oxygens (including phenoxy) is 1. The number of carbonyl (C=O) groups is 2. The number of likely N-dealkylation sites (tertiary alicyclic amines) is 1. The van der Waals surface area contributed by atoms with Crippen molar-refractivity contribution in [2.75, 3.05) is 13.1 Å². The molecule has 1 aromatic carbocycles. The average Bonchev–Trinajstić information content (AvgIpc) is 3.15. The summed E-state index contributed by atoms with van der Waals surface area (Å²) >= 11 is 0. The monoisotopic (exact) mass is 318 g/mol. The second-order valence-corrected chi connectivity index (χ2v) is 5.59. The van der Waals surface area contributed by atoms with Crippen LogP contribution in [0.5, 0.6) is 0 Å². The lowest BCUT2D eigenvalue weighted by atomic mass is 10.3. The second-order valence-electron chi connectivity index (χ2n) is 5.59. The minimum atomic E-state index is -0.852. The number of nitrogens with zero attached hydrogens (tertiary/aromatic N) is 2. The first kappa shape index (κ1) is 15.3. The van der Waals surface area contributed by atoms with Crippen LogP contribution in [-0.4, -0.2) is 40.5 Å². The lowest BCUT2D eigenvalue weighted by Crippen LogP contribution is -2.38. The SMILES string of the molecule is C[C@H](OC(=O)Cn1c(=O)oc2ccccc21)C(=O)N1CCCC1. The van der Waals surface area contributed by atoms with Crippen LogP contribution in [0.15, 0.2) is 33.5 Å². The zero-order valence-electron chi connectivity index (χ0n) is 12.9. The van der Waals surface area contributed by atoms with E-state index in [2.05, 4.69) is 0 Å². The van der Waals surface area contributed by atoms with E-state index in [9.17, 15) is 14.4 Å². The van der Waals surface area contributed by atoms with Crippen LogP contribution in [0, 0.1) is 0 Å². The van der Waals surface area contributed by atoms with E-state index < -0.39 is 17.8 Å². The fourth-order valence-electron chi connectivity index (χ4n) is 2.77. The third-order valence-electron chi connectivity index (χ3n) is 3.93. The predicted molar refractivity (Wildman–Crippen MR) is 81.8 cm³/mol. The number of para-hydroxylation sites is 2. The number of oxazole rings is 1. The molecule has 1 aliphatic rings. The fraction of sp³-hybridized carbons (Fsp3) is 0.438. The zero-order chi connectivity index (χ0) is 16.4. The molecule has 7 nitrogen and oxygen atoms in total. The minimum absolute atomic E-state index is 0.194. The summed E-state index contributed by atoms with van der Waals surface area (Å²) in [5.41, 5.74) is 0.930. The molecule has 0 N–H and O–H groups in total. The van der Waals surface area contributed by atoms with E-state index >= 15 is 0 Å². The van der Waals surface area contributed by atoms with E-state index in [0.29, 0.717) is 24.2 Å². The van der Waals surface area contributed by atoms with Crippen LogP contribution in [0.25, 0.3) is 11.1 Å². The van der Waals surface area contributed by atoms with Gasteiger partial charge in [0.25, 0.3) is 5.91 Å². The first-order chi connectivity index (χ1) is 11.1. The Balaban J connectivity index is 1.67. The fourth-order valence-corrected chi connectivity index (χ4v) is 2.77. The van der Waals surface area contributed by atoms with Crippen molar-refractivity contribution in [2.24, 2.45) is 0 Å². The van der Waals surface area contributed by atoms with Crippen LogP contribution in [-0.2, 0) is 20.9 Å². The quantitative estimate of drug-likeness (QED) is 0.790. The summed E-state index contributed by atoms with van der Waals surface area (Å²) in [6, 6.07) is 6.83. The van der Waals surface area contributed by atoms with Gasteiger partial charge in [-0.1, -0.05) is 12.1 Å². The molecule has 0 radical (unpaired) electrons. The van der Waals surface area contributed by atoms with Crippen LogP contribution in [0.2, 0.25) is 0 Å². The maximum absolute atomic E-state index is 12.1. The first-order valence-electron chi connectivity index (χ1n) is 7.63. The normalized spacial score (nSPS) is 15.8. The summed E-state index contributed by atoms with van der Waals surface area (Å²) in [5.74, 6) is -1.46. The van der Waals surface area contributed by atoms with Gasteiger partial charge in [-0.3, -0.25) is 14.2 Å². The van der Waals surface area contributed by atoms with Gasteiger partial charge in [-0.05, 0) is 31.9 Å². The second kappa shape index (κ2) is 6.28. The van der Waals surface area contributed by atoms with Crippen LogP contribution in [0.3, 0.4) is 0 Å². The van der Waals surface area contributed by atoms with Crippen LogP contribution >= 0.6 is 0 Å². The number of amides is 1. The maximum Gasteiger partial charge on any atom is 0.420 e. The van der Waals surface area contributed by atoms with E-state index in [0.717, 1.165) is 12.8 Å². The van der Waals surface area contributed by atoms with E-state index in [4.69, 9.17) is 9.15 Å². The van der Waals surface area contributed by atoms with Gasteiger partial charge in [0.1, 0.15) is 6.54 Å². The van der Waals surface area contributed by atoms with Gasteiger partial charge >= 0.3 is 11.7 Å². The summed E-state index contributed by atoms with van der Waals surface area (Å²) in [5, 5.41) is 0. The molecule has 0 saturated carbocycles. The molecule has 2 heterocycles. The van der Waals surface area contributed by atoms with Crippen molar-refractivity contribution in [2.45, 2.75) is 32.4 Å². The zero-order valence-corrected chi connectivity index (χ0v) is 12.9. The molecule has 0 aliphatic carbocycles. The lowest BCUT2D eigenvalue weighted by Gasteiger charge is -2.20. The molecule has 122 valence electrons. The van der Waals surface area contributed by atoms with Gasteiger partial charge in [-0.25, -0.2) is 4.79 Å². The number of esters is 1. The Morgan fingerprint density at radius 3 is 2.70 bits per heavy atom. The molecule has 7 heteroatoms. The molecule has 1 saturated heterocycles. The van der Waals surface area contributed by atoms with Crippen molar-refractivity contribution >= 4 is 23.0 Å². The highest BCUT2D eigenvalue weighted by atomic mass is 16.5. The molecule has 1 atom stereocenters. The highest BCUT2D eigenvalue weighted by Crippen LogP contribution is 2.13. The molecule has 0 spiro atoms. The minimum Gasteiger partial charge on any atom is -0.451 e. The maximum atomic E-state index is 12.1. The van der Waals surface area contributed by atoms with Crippen molar-refractivity contribution in [1.29, 1.82) is 0 Å². The molecule has 1 fully saturated rings. The number of fused-ring (bicyclic) bond motifs is 1. The Kier molecular flexibility index (Phi) is 4.18. The third kappa shape index (κ3) is 3.13. The van der Waals surface area contributed by atoms with Gasteiger partial charge in [-0.15, -0.1) is 0 Å². The molecular weight excluding hydrogens is 300 g/mol. The Hall–Kier alpha value is -2.57. The summed E-state index contributed by atoms with van der Waals surface area (Å²) < 4.78 is 11.4. The Labute approximate surface area is 132 Å². The van der Waals surface area contributed by atoms with Gasteiger partial charge in [0.15, 0.2) is 11.7 Å². The van der Waals surface area contributed by atoms with E-state index in [1.54, 1.807) is 36.1 Å². The highest BCUT2D eigenvalue weighted by molar-refractivity contribution is 5.84. The number of hydrogen-bond donors (Lipinski definition) is 0. The summed E-state index contributed by atoms with van der Waals surface area (Å²) in [6.45, 7) is 2.67. The van der Waals surface area contributed by atoms with E-state index in [1.807, 2.05) is 0 Å². The van der Waals surface area contributed by atoms with Crippen LogP contribution in [0.4, 0.5) is 0 Å². The van der Waals surface area contributed by atoms with Gasteiger partial charge in [0.2, 0.25) is 0 Å². The molecule has 1 aromatic heterocycles. The largest absolute Gasteiger partial charge is 0.451 e. The van der Waals surface area contributed by atoms with Gasteiger partial charge < -0.3 is 14.1 Å². The molecule has 23 heavy (non-hydrogen) atoms. The Bertz CT molecular complexity index is 785. The van der Waals surface area contributed by atoms with E-state index in [1.165, 1.54) is 4.57 Å². The number of aromatic nitrogens is 1. The highest BCUT2D eigenvalue weighted by Gasteiger charge is 2.26. The summed E-state index contributed by atoms with van der Waals surface area (Å²) in [6.07, 6.45) is 1.10. The van der Waals surface area contributed by atoms with Gasteiger partial charge in [0.05, 0.1) is 5.52 Å². The van der Waals surface area contributed by atoms with Crippen molar-refractivity contribution in [1.82, 2.24) is 9.47 Å². The number of benzene rings is 1. The predicted octanol–water partition coefficient (Wildman–Crippen LogP) is 1.15. The van der Waals surface area contributed by atoms with Gasteiger partial charge in [0, 0.05) is 13.1 Å². The Morgan fingerprint density at radius 2 is 1.96 bits per heavy atom. The van der Waals surface area contributed by atoms with Crippen molar-refractivity contribution in [3.05, 3.63) is 34.8 Å². The Morgan fingerprint density at radius 1 is 1.26 bits per heavy atom. The molecule has 1 aliphatic heterocycles. The smallest absolute Gasteiger partial charge is 0.420 e. The summed E-state index contributed by atoms with van der Waals surface area (Å²) in [7, 11) is 0. The molecule has 2 aromatic rings. The third-order valence-corrected chi connectivity index (χ3v) is 3.93. The summed E-state index contributed by atoms with van der Waals surface area (Å²) in [4.78, 5) is 37.7. The average molecular weight is 318 g/mol. The number of rotatable bonds is 4. The topological polar surface area (TPSA) is 81.7 Å². The van der Waals surface area contributed by atoms with Crippen molar-refractivity contribution in [3.63, 3.8) is 0 Å². The molecule has 1 amide bonds. The molecule has 0 bridgehead atoms. The van der Waals surface area contributed by atoms with E-state index in [-0.39, 0.29) is 12.5 Å². The number of hydrogen-bond acceptors (Lipinski definition) is 5. The number of carbonyl (C=O) groups excluding carboxylic acids is 2. The van der Waals surface area contributed by atoms with Crippen molar-refractivity contribution in [3.8, 4) is 0 Å². The molecule has 0 unspecified atom stereocenters. The van der Waals surface area contributed by atoms with Crippen LogP contribution in [0.1, 0.15) is 19.8 Å². The van der Waals surface area contributed by atoms with Crippen LogP contribution < -0.4 is 5.76 Å². The molecule has 3 rings (SSSR count). The van der Waals surface area contributed by atoms with Gasteiger partial charge in [-0.2, -0.15) is 0 Å². The lowest BCUT2D eigenvalue weighted by molar-refractivity contribution is -0.159. The first-order valence-corrected chi connectivity index (χ1v) is 7.63. The standard InChI is InChI=1S/C16H18N2O5/c1-11(15(20)17-8-4-5-9-17)22-14(19)10-18-12-6-2-3-7-13(12)23-16(18)21/h2-3,6-7,11H,4-5,8-10H2,1H3/t11-/m0/s1.